The average molecular weight is 296 g/mol. The molecule has 2 atom stereocenters. The summed E-state index contributed by atoms with van der Waals surface area (Å²) in [5.74, 6) is 0.183. The molecule has 0 spiro atoms. The molecule has 0 radical (unpaired) electrons. The number of nitrogen functional groups attached to an aromatic ring is 1. The third kappa shape index (κ3) is 2.33. The van der Waals surface area contributed by atoms with Crippen molar-refractivity contribution in [2.75, 3.05) is 30.8 Å². The van der Waals surface area contributed by atoms with Crippen LogP contribution in [-0.4, -0.2) is 32.0 Å². The first-order valence-electron chi connectivity index (χ1n) is 6.55. The number of hydrogen-bond acceptors (Lipinski definition) is 5. The van der Waals surface area contributed by atoms with Crippen LogP contribution in [0.15, 0.2) is 0 Å². The van der Waals surface area contributed by atoms with Crippen LogP contribution in [0.4, 0.5) is 10.7 Å². The minimum atomic E-state index is -0.587. The lowest BCUT2D eigenvalue weighted by molar-refractivity contribution is 0.0967. The lowest BCUT2D eigenvalue weighted by Crippen LogP contribution is -2.23. The van der Waals surface area contributed by atoms with E-state index in [4.69, 9.17) is 11.5 Å². The van der Waals surface area contributed by atoms with Crippen LogP contribution in [0.5, 0.6) is 0 Å². The molecule has 0 aliphatic carbocycles. The number of amides is 2. The van der Waals surface area contributed by atoms with E-state index in [0.29, 0.717) is 21.7 Å². The number of primary amides is 1. The van der Waals surface area contributed by atoms with E-state index in [2.05, 4.69) is 24.1 Å². The van der Waals surface area contributed by atoms with E-state index >= 15 is 0 Å². The van der Waals surface area contributed by atoms with E-state index in [-0.39, 0.29) is 17.2 Å². The lowest BCUT2D eigenvalue weighted by Gasteiger charge is -2.17. The Kier molecular flexibility index (Phi) is 3.89. The summed E-state index contributed by atoms with van der Waals surface area (Å²) in [7, 11) is 1.53. The third-order valence-electron chi connectivity index (χ3n) is 3.88. The van der Waals surface area contributed by atoms with Crippen molar-refractivity contribution in [3.05, 3.63) is 10.4 Å². The number of anilines is 2. The van der Waals surface area contributed by atoms with Crippen LogP contribution < -0.4 is 21.7 Å². The summed E-state index contributed by atoms with van der Waals surface area (Å²) in [6.45, 7) is 6.03. The van der Waals surface area contributed by atoms with E-state index in [9.17, 15) is 9.59 Å². The van der Waals surface area contributed by atoms with Gasteiger partial charge in [-0.15, -0.1) is 11.3 Å². The number of rotatable bonds is 3. The number of carbonyl (C=O) groups excluding carboxylic acids is 2. The summed E-state index contributed by atoms with van der Waals surface area (Å²) < 4.78 is 0. The van der Waals surface area contributed by atoms with Crippen molar-refractivity contribution in [2.45, 2.75) is 13.8 Å². The lowest BCUT2D eigenvalue weighted by atomic mass is 10.0. The summed E-state index contributed by atoms with van der Waals surface area (Å²) in [6, 6.07) is 0. The zero-order valence-corrected chi connectivity index (χ0v) is 12.7. The van der Waals surface area contributed by atoms with Crippen LogP contribution >= 0.6 is 11.3 Å². The molecule has 1 aromatic heterocycles. The molecular weight excluding hydrogens is 276 g/mol. The Hall–Kier alpha value is -1.76. The van der Waals surface area contributed by atoms with Crippen LogP contribution in [0.2, 0.25) is 0 Å². The van der Waals surface area contributed by atoms with Gasteiger partial charge in [0.05, 0.1) is 11.3 Å². The van der Waals surface area contributed by atoms with E-state index in [0.717, 1.165) is 13.1 Å². The van der Waals surface area contributed by atoms with Crippen molar-refractivity contribution in [3.63, 3.8) is 0 Å². The Morgan fingerprint density at radius 3 is 2.30 bits per heavy atom. The van der Waals surface area contributed by atoms with E-state index < -0.39 is 5.91 Å². The van der Waals surface area contributed by atoms with Crippen LogP contribution in [0, 0.1) is 11.8 Å². The molecule has 7 heteroatoms. The van der Waals surface area contributed by atoms with Crippen molar-refractivity contribution in [1.29, 1.82) is 0 Å². The third-order valence-corrected chi connectivity index (χ3v) is 5.15. The van der Waals surface area contributed by atoms with Crippen molar-refractivity contribution < 1.29 is 9.59 Å². The molecule has 2 rings (SSSR count). The zero-order valence-electron chi connectivity index (χ0n) is 11.9. The number of hydrogen-bond donors (Lipinski definition) is 3. The van der Waals surface area contributed by atoms with Gasteiger partial charge in [-0.05, 0) is 11.8 Å². The van der Waals surface area contributed by atoms with E-state index in [1.165, 1.54) is 18.4 Å². The largest absolute Gasteiger partial charge is 0.397 e. The Morgan fingerprint density at radius 2 is 1.85 bits per heavy atom. The van der Waals surface area contributed by atoms with Crippen LogP contribution in [-0.2, 0) is 0 Å². The van der Waals surface area contributed by atoms with Gasteiger partial charge >= 0.3 is 0 Å². The Bertz CT molecular complexity index is 545. The van der Waals surface area contributed by atoms with E-state index in [1.807, 2.05) is 0 Å². The van der Waals surface area contributed by atoms with Gasteiger partial charge in [0.25, 0.3) is 11.8 Å². The zero-order chi connectivity index (χ0) is 15.0. The van der Waals surface area contributed by atoms with Gasteiger partial charge in [0.2, 0.25) is 0 Å². The molecule has 20 heavy (non-hydrogen) atoms. The van der Waals surface area contributed by atoms with Crippen molar-refractivity contribution >= 4 is 33.8 Å². The monoisotopic (exact) mass is 296 g/mol. The minimum absolute atomic E-state index is 0.184. The van der Waals surface area contributed by atoms with Crippen molar-refractivity contribution in [2.24, 2.45) is 17.6 Å². The van der Waals surface area contributed by atoms with Gasteiger partial charge < -0.3 is 21.7 Å². The molecule has 1 aliphatic rings. The summed E-state index contributed by atoms with van der Waals surface area (Å²) >= 11 is 1.24. The first kappa shape index (κ1) is 14.6. The molecule has 0 bridgehead atoms. The number of nitrogens with two attached hydrogens (primary N) is 2. The molecule has 0 aromatic carbocycles. The maximum Gasteiger partial charge on any atom is 0.263 e. The quantitative estimate of drug-likeness (QED) is 0.770. The second kappa shape index (κ2) is 5.32. The van der Waals surface area contributed by atoms with Crippen molar-refractivity contribution in [1.82, 2.24) is 5.32 Å². The number of nitrogens with zero attached hydrogens (tertiary/aromatic N) is 1. The predicted molar refractivity (Wildman–Crippen MR) is 81.2 cm³/mol. The second-order valence-electron chi connectivity index (χ2n) is 5.33. The molecule has 1 aromatic rings. The molecule has 110 valence electrons. The van der Waals surface area contributed by atoms with Gasteiger partial charge in [-0.3, -0.25) is 9.59 Å². The molecular formula is C13H20N4O2S. The smallest absolute Gasteiger partial charge is 0.263 e. The number of thiophene rings is 1. The Labute approximate surface area is 122 Å². The predicted octanol–water partition coefficient (Wildman–Crippen LogP) is 0.881. The standard InChI is InChI=1S/C13H20N4O2S/c1-6-4-17(5-7(6)2)13-8(11(15)18)9(14)10(20-13)12(19)16-3/h6-7H,4-5,14H2,1-3H3,(H2,15,18)(H,16,19). The molecule has 1 aliphatic heterocycles. The fraction of sp³-hybridized carbons (Fsp3) is 0.538. The summed E-state index contributed by atoms with van der Waals surface area (Å²) in [5.41, 5.74) is 11.8. The second-order valence-corrected chi connectivity index (χ2v) is 6.33. The van der Waals surface area contributed by atoms with Crippen molar-refractivity contribution in [3.8, 4) is 0 Å². The molecule has 1 saturated heterocycles. The Balaban J connectivity index is 2.47. The van der Waals surface area contributed by atoms with E-state index in [1.54, 1.807) is 0 Å². The fourth-order valence-electron chi connectivity index (χ4n) is 2.47. The van der Waals surface area contributed by atoms with Crippen LogP contribution in [0.1, 0.15) is 33.9 Å². The molecule has 2 unspecified atom stereocenters. The Morgan fingerprint density at radius 1 is 1.30 bits per heavy atom. The summed E-state index contributed by atoms with van der Waals surface area (Å²) in [4.78, 5) is 25.9. The first-order chi connectivity index (χ1) is 9.36. The first-order valence-corrected chi connectivity index (χ1v) is 7.37. The van der Waals surface area contributed by atoms with Gasteiger partial charge in [0.1, 0.15) is 9.88 Å². The van der Waals surface area contributed by atoms with Crippen LogP contribution in [0.3, 0.4) is 0 Å². The van der Waals surface area contributed by atoms with Gasteiger partial charge in [0, 0.05) is 20.1 Å². The van der Waals surface area contributed by atoms with Gasteiger partial charge in [-0.2, -0.15) is 0 Å². The van der Waals surface area contributed by atoms with Crippen LogP contribution in [0.25, 0.3) is 0 Å². The highest BCUT2D eigenvalue weighted by Gasteiger charge is 2.32. The summed E-state index contributed by atoms with van der Waals surface area (Å²) in [6.07, 6.45) is 0. The highest BCUT2D eigenvalue weighted by atomic mass is 32.1. The molecule has 2 amide bonds. The summed E-state index contributed by atoms with van der Waals surface area (Å²) in [5, 5.41) is 3.24. The average Bonchev–Trinajstić information content (AvgIpc) is 2.90. The molecule has 0 saturated carbocycles. The molecule has 6 nitrogen and oxygen atoms in total. The topological polar surface area (TPSA) is 101 Å². The molecule has 1 fully saturated rings. The highest BCUT2D eigenvalue weighted by molar-refractivity contribution is 7.19. The fourth-order valence-corrected chi connectivity index (χ4v) is 3.66. The van der Waals surface area contributed by atoms with Gasteiger partial charge in [-0.1, -0.05) is 13.8 Å². The van der Waals surface area contributed by atoms with Gasteiger partial charge in [0.15, 0.2) is 0 Å². The maximum atomic E-state index is 11.8. The van der Waals surface area contributed by atoms with Gasteiger partial charge in [-0.25, -0.2) is 0 Å². The minimum Gasteiger partial charge on any atom is -0.397 e. The molecule has 5 N–H and O–H groups in total. The normalized spacial score (nSPS) is 22.1. The number of carbonyl (C=O) groups is 2. The molecule has 2 heterocycles. The SMILES string of the molecule is CNC(=O)c1sc(N2CC(C)C(C)C2)c(C(N)=O)c1N. The number of nitrogens with one attached hydrogen (secondary N) is 1. The maximum absolute atomic E-state index is 11.8. The highest BCUT2D eigenvalue weighted by Crippen LogP contribution is 2.41.